The Morgan fingerprint density at radius 1 is 1.26 bits per heavy atom. The number of pyridine rings is 1. The first-order chi connectivity index (χ1) is 15.2. The Morgan fingerprint density at radius 3 is 2.81 bits per heavy atom. The molecular weight excluding hydrogens is 395 g/mol. The Labute approximate surface area is 179 Å². The van der Waals surface area contributed by atoms with Gasteiger partial charge in [-0.2, -0.15) is 9.97 Å². The minimum Gasteiger partial charge on any atom is -0.423 e. The van der Waals surface area contributed by atoms with E-state index in [2.05, 4.69) is 15.2 Å². The SMILES string of the molecule is CNc1cc(F)cc2c1Cc1nc(Oc3cccnc3)nc(N3CC4C(CN)C4C3)c1-2. The van der Waals surface area contributed by atoms with Crippen molar-refractivity contribution in [3.8, 4) is 22.9 Å². The van der Waals surface area contributed by atoms with E-state index in [1.807, 2.05) is 19.2 Å². The van der Waals surface area contributed by atoms with Gasteiger partial charge in [0.15, 0.2) is 0 Å². The van der Waals surface area contributed by atoms with Crippen LogP contribution in [0.2, 0.25) is 0 Å². The van der Waals surface area contributed by atoms with E-state index >= 15 is 0 Å². The van der Waals surface area contributed by atoms with Crippen LogP contribution in [-0.4, -0.2) is 41.6 Å². The van der Waals surface area contributed by atoms with Gasteiger partial charge in [-0.1, -0.05) is 0 Å². The third-order valence-electron chi connectivity index (χ3n) is 6.83. The number of anilines is 2. The van der Waals surface area contributed by atoms with Crippen molar-refractivity contribution in [2.24, 2.45) is 23.5 Å². The number of rotatable bonds is 5. The third kappa shape index (κ3) is 2.93. The molecule has 1 saturated carbocycles. The highest BCUT2D eigenvalue weighted by atomic mass is 19.1. The molecule has 1 aromatic carbocycles. The van der Waals surface area contributed by atoms with E-state index in [-0.39, 0.29) is 11.8 Å². The number of nitrogens with one attached hydrogen (secondary N) is 1. The van der Waals surface area contributed by atoms with Crippen LogP contribution in [0.15, 0.2) is 36.7 Å². The number of benzene rings is 1. The lowest BCUT2D eigenvalue weighted by atomic mass is 10.0. The molecule has 0 radical (unpaired) electrons. The van der Waals surface area contributed by atoms with E-state index in [1.165, 1.54) is 6.07 Å². The molecule has 158 valence electrons. The summed E-state index contributed by atoms with van der Waals surface area (Å²) in [7, 11) is 1.81. The van der Waals surface area contributed by atoms with Crippen LogP contribution in [-0.2, 0) is 6.42 Å². The van der Waals surface area contributed by atoms with Crippen molar-refractivity contribution in [3.05, 3.63) is 53.7 Å². The van der Waals surface area contributed by atoms with Gasteiger partial charge in [0.05, 0.1) is 11.9 Å². The van der Waals surface area contributed by atoms with E-state index < -0.39 is 0 Å². The lowest BCUT2D eigenvalue weighted by molar-refractivity contribution is 0.438. The summed E-state index contributed by atoms with van der Waals surface area (Å²) in [6.07, 6.45) is 3.93. The highest BCUT2D eigenvalue weighted by molar-refractivity contribution is 5.88. The van der Waals surface area contributed by atoms with Crippen molar-refractivity contribution in [1.82, 2.24) is 15.0 Å². The number of fused-ring (bicyclic) bond motifs is 4. The highest BCUT2D eigenvalue weighted by Gasteiger charge is 2.55. The Bertz CT molecular complexity index is 1160. The van der Waals surface area contributed by atoms with E-state index in [0.717, 1.165) is 53.5 Å². The van der Waals surface area contributed by atoms with Gasteiger partial charge in [-0.15, -0.1) is 0 Å². The number of nitrogens with zero attached hydrogens (tertiary/aromatic N) is 4. The highest BCUT2D eigenvalue weighted by Crippen LogP contribution is 2.54. The molecule has 2 fully saturated rings. The molecule has 3 N–H and O–H groups in total. The Balaban J connectivity index is 1.45. The van der Waals surface area contributed by atoms with Crippen LogP contribution in [0.4, 0.5) is 15.9 Å². The molecule has 7 nitrogen and oxygen atoms in total. The number of piperidine rings is 1. The van der Waals surface area contributed by atoms with Gasteiger partial charge in [0.25, 0.3) is 0 Å². The van der Waals surface area contributed by atoms with Gasteiger partial charge in [0, 0.05) is 44.0 Å². The van der Waals surface area contributed by atoms with E-state index in [9.17, 15) is 4.39 Å². The molecule has 8 heteroatoms. The summed E-state index contributed by atoms with van der Waals surface area (Å²) in [5.41, 5.74) is 10.3. The minimum atomic E-state index is -0.273. The fraction of sp³-hybridized carbons (Fsp3) is 0.348. The van der Waals surface area contributed by atoms with Crippen LogP contribution in [0, 0.1) is 23.6 Å². The fourth-order valence-corrected chi connectivity index (χ4v) is 5.28. The summed E-state index contributed by atoms with van der Waals surface area (Å²) in [6, 6.07) is 7.04. The van der Waals surface area contributed by atoms with Gasteiger partial charge < -0.3 is 20.7 Å². The second-order valence-electron chi connectivity index (χ2n) is 8.48. The Kier molecular flexibility index (Phi) is 4.11. The molecule has 3 heterocycles. The monoisotopic (exact) mass is 418 g/mol. The number of hydrogen-bond acceptors (Lipinski definition) is 7. The van der Waals surface area contributed by atoms with Crippen LogP contribution in [0.1, 0.15) is 11.3 Å². The number of hydrogen-bond donors (Lipinski definition) is 2. The molecule has 3 aromatic rings. The minimum absolute atomic E-state index is 0.273. The van der Waals surface area contributed by atoms with Crippen LogP contribution in [0.3, 0.4) is 0 Å². The predicted molar refractivity (Wildman–Crippen MR) is 116 cm³/mol. The lowest BCUT2D eigenvalue weighted by Gasteiger charge is -2.24. The Morgan fingerprint density at radius 2 is 2.10 bits per heavy atom. The molecule has 2 atom stereocenters. The van der Waals surface area contributed by atoms with Crippen molar-refractivity contribution in [2.45, 2.75) is 6.42 Å². The molecular formula is C23H23FN6O. The number of halogens is 1. The maximum absolute atomic E-state index is 14.4. The molecule has 31 heavy (non-hydrogen) atoms. The van der Waals surface area contributed by atoms with Gasteiger partial charge in [-0.3, -0.25) is 4.98 Å². The Hall–Kier alpha value is -3.26. The second kappa shape index (κ2) is 6.88. The molecule has 3 aliphatic rings. The molecule has 1 saturated heterocycles. The first kappa shape index (κ1) is 18.5. The number of ether oxygens (including phenoxy) is 1. The summed E-state index contributed by atoms with van der Waals surface area (Å²) in [5, 5.41) is 3.12. The average molecular weight is 418 g/mol. The van der Waals surface area contributed by atoms with Gasteiger partial charge in [0.2, 0.25) is 0 Å². The average Bonchev–Trinajstić information content (AvgIpc) is 3.09. The third-order valence-corrected chi connectivity index (χ3v) is 6.83. The van der Waals surface area contributed by atoms with Crippen molar-refractivity contribution in [1.29, 1.82) is 0 Å². The first-order valence-corrected chi connectivity index (χ1v) is 10.6. The molecule has 6 rings (SSSR count). The maximum atomic E-state index is 14.4. The summed E-state index contributed by atoms with van der Waals surface area (Å²) in [6.45, 7) is 2.55. The van der Waals surface area contributed by atoms with Crippen molar-refractivity contribution in [2.75, 3.05) is 36.9 Å². The van der Waals surface area contributed by atoms with Crippen LogP contribution in [0.25, 0.3) is 11.1 Å². The zero-order chi connectivity index (χ0) is 21.1. The largest absolute Gasteiger partial charge is 0.423 e. The van der Waals surface area contributed by atoms with Crippen molar-refractivity contribution in [3.63, 3.8) is 0 Å². The maximum Gasteiger partial charge on any atom is 0.324 e. The molecule has 2 aliphatic carbocycles. The summed E-state index contributed by atoms with van der Waals surface area (Å²) in [4.78, 5) is 15.9. The zero-order valence-corrected chi connectivity index (χ0v) is 17.2. The predicted octanol–water partition coefficient (Wildman–Crippen LogP) is 3.06. The van der Waals surface area contributed by atoms with E-state index in [4.69, 9.17) is 20.4 Å². The summed E-state index contributed by atoms with van der Waals surface area (Å²) >= 11 is 0. The van der Waals surface area contributed by atoms with Crippen LogP contribution in [0.5, 0.6) is 11.8 Å². The quantitative estimate of drug-likeness (QED) is 0.515. The van der Waals surface area contributed by atoms with E-state index in [0.29, 0.717) is 29.9 Å². The topological polar surface area (TPSA) is 89.2 Å². The molecule has 2 aromatic heterocycles. The molecule has 0 amide bonds. The van der Waals surface area contributed by atoms with Crippen LogP contribution < -0.4 is 20.7 Å². The lowest BCUT2D eigenvalue weighted by Crippen LogP contribution is -2.27. The van der Waals surface area contributed by atoms with Crippen molar-refractivity contribution >= 4 is 11.5 Å². The first-order valence-electron chi connectivity index (χ1n) is 10.6. The summed E-state index contributed by atoms with van der Waals surface area (Å²) in [5.74, 6) is 2.96. The van der Waals surface area contributed by atoms with E-state index in [1.54, 1.807) is 18.5 Å². The van der Waals surface area contributed by atoms with Crippen molar-refractivity contribution < 1.29 is 9.13 Å². The molecule has 0 spiro atoms. The normalized spacial score (nSPS) is 22.7. The second-order valence-corrected chi connectivity index (χ2v) is 8.48. The van der Waals surface area contributed by atoms with Crippen LogP contribution >= 0.6 is 0 Å². The van der Waals surface area contributed by atoms with Gasteiger partial charge in [-0.05, 0) is 59.7 Å². The van der Waals surface area contributed by atoms with Gasteiger partial charge in [0.1, 0.15) is 17.4 Å². The summed E-state index contributed by atoms with van der Waals surface area (Å²) < 4.78 is 20.3. The van der Waals surface area contributed by atoms with Gasteiger partial charge in [-0.25, -0.2) is 4.39 Å². The standard InChI is InChI=1S/C23H23FN6O/c1-26-19-6-12(24)5-15-14(19)7-20-21(15)22(30-10-17-16(8-25)18(17)11-30)29-23(28-20)31-13-3-2-4-27-9-13/h2-6,9,16-18,26H,7-8,10-11,25H2,1H3. The fourth-order valence-electron chi connectivity index (χ4n) is 5.28. The molecule has 2 unspecified atom stereocenters. The number of nitrogens with two attached hydrogens (primary N) is 1. The number of aromatic nitrogens is 3. The zero-order valence-electron chi connectivity index (χ0n) is 17.2. The van der Waals surface area contributed by atoms with Gasteiger partial charge >= 0.3 is 6.01 Å². The molecule has 1 aliphatic heterocycles. The molecule has 0 bridgehead atoms. The smallest absolute Gasteiger partial charge is 0.324 e.